The van der Waals surface area contributed by atoms with Crippen LogP contribution in [-0.4, -0.2) is 39.8 Å². The zero-order valence-electron chi connectivity index (χ0n) is 8.25. The first-order chi connectivity index (χ1) is 6.33. The van der Waals surface area contributed by atoms with Gasteiger partial charge in [-0.05, 0) is 18.6 Å². The number of nitrogens with one attached hydrogen (secondary N) is 1. The van der Waals surface area contributed by atoms with Crippen LogP contribution in [-0.2, 0) is 10.8 Å². The summed E-state index contributed by atoms with van der Waals surface area (Å²) < 4.78 is 11.1. The zero-order valence-corrected chi connectivity index (χ0v) is 9.88. The second-order valence-electron chi connectivity index (χ2n) is 3.27. The minimum absolute atomic E-state index is 0.515. The Morgan fingerprint density at radius 2 is 2.15 bits per heavy atom. The van der Waals surface area contributed by atoms with Crippen molar-refractivity contribution in [3.63, 3.8) is 0 Å². The molecule has 0 spiro atoms. The normalized spacial score (nSPS) is 29.0. The topological polar surface area (TPSA) is 29.1 Å². The van der Waals surface area contributed by atoms with Crippen molar-refractivity contribution in [2.24, 2.45) is 0 Å². The van der Waals surface area contributed by atoms with Gasteiger partial charge >= 0.3 is 0 Å². The van der Waals surface area contributed by atoms with E-state index in [1.54, 1.807) is 0 Å². The second kappa shape index (κ2) is 6.85. The van der Waals surface area contributed by atoms with E-state index in [1.807, 2.05) is 11.8 Å². The molecule has 1 heterocycles. The molecule has 0 atom stereocenters. The van der Waals surface area contributed by atoms with Crippen molar-refractivity contribution in [2.45, 2.75) is 25.8 Å². The molecule has 1 aliphatic rings. The lowest BCUT2D eigenvalue weighted by atomic mass is 10.1. The van der Waals surface area contributed by atoms with Gasteiger partial charge in [0.25, 0.3) is 0 Å². The van der Waals surface area contributed by atoms with Crippen molar-refractivity contribution in [2.75, 3.05) is 29.6 Å². The Balaban J connectivity index is 1.99. The Hall–Kier alpha value is 0.460. The molecule has 1 aliphatic heterocycles. The molecule has 78 valence electrons. The van der Waals surface area contributed by atoms with Gasteiger partial charge in [-0.2, -0.15) is 11.8 Å². The van der Waals surface area contributed by atoms with Crippen molar-refractivity contribution in [1.29, 1.82) is 0 Å². The second-order valence-corrected chi connectivity index (χ2v) is 6.36. The van der Waals surface area contributed by atoms with Crippen LogP contribution >= 0.6 is 11.8 Å². The van der Waals surface area contributed by atoms with Gasteiger partial charge in [-0.15, -0.1) is 0 Å². The molecule has 1 rings (SSSR count). The number of rotatable bonds is 5. The van der Waals surface area contributed by atoms with Gasteiger partial charge in [0.05, 0.1) is 0 Å². The lowest BCUT2D eigenvalue weighted by Crippen LogP contribution is -2.36. The Morgan fingerprint density at radius 3 is 2.77 bits per heavy atom. The fourth-order valence-corrected chi connectivity index (χ4v) is 3.33. The summed E-state index contributed by atoms with van der Waals surface area (Å²) in [6.45, 7) is 3.30. The molecule has 0 aromatic carbocycles. The van der Waals surface area contributed by atoms with E-state index in [1.165, 1.54) is 11.5 Å². The quantitative estimate of drug-likeness (QED) is 0.708. The highest BCUT2D eigenvalue weighted by atomic mass is 32.2. The van der Waals surface area contributed by atoms with Gasteiger partial charge in [-0.1, -0.05) is 6.92 Å². The third-order valence-corrected chi connectivity index (χ3v) is 4.55. The molecule has 2 nitrogen and oxygen atoms in total. The SMILES string of the molecule is CCSCCNC1CCS(=O)CC1. The van der Waals surface area contributed by atoms with Crippen molar-refractivity contribution in [3.05, 3.63) is 0 Å². The maximum atomic E-state index is 11.1. The molecule has 1 saturated heterocycles. The molecule has 0 unspecified atom stereocenters. The predicted molar refractivity (Wildman–Crippen MR) is 61.9 cm³/mol. The van der Waals surface area contributed by atoms with Gasteiger partial charge < -0.3 is 5.32 Å². The third-order valence-electron chi connectivity index (χ3n) is 2.27. The maximum Gasteiger partial charge on any atom is 0.0249 e. The van der Waals surface area contributed by atoms with Crippen LogP contribution in [0.5, 0.6) is 0 Å². The van der Waals surface area contributed by atoms with Gasteiger partial charge in [0, 0.05) is 40.6 Å². The van der Waals surface area contributed by atoms with E-state index in [0.717, 1.165) is 30.9 Å². The maximum absolute atomic E-state index is 11.1. The van der Waals surface area contributed by atoms with Gasteiger partial charge in [0.1, 0.15) is 0 Å². The summed E-state index contributed by atoms with van der Waals surface area (Å²) in [5, 5.41) is 3.52. The zero-order chi connectivity index (χ0) is 9.52. The fourth-order valence-electron chi connectivity index (χ4n) is 1.48. The first-order valence-electron chi connectivity index (χ1n) is 4.99. The molecule has 4 heteroatoms. The molecular weight excluding hydrogens is 202 g/mol. The van der Waals surface area contributed by atoms with Crippen molar-refractivity contribution < 1.29 is 4.21 Å². The monoisotopic (exact) mass is 221 g/mol. The molecule has 13 heavy (non-hydrogen) atoms. The Kier molecular flexibility index (Phi) is 6.07. The fraction of sp³-hybridized carbons (Fsp3) is 1.00. The van der Waals surface area contributed by atoms with E-state index in [4.69, 9.17) is 0 Å². The Morgan fingerprint density at radius 1 is 1.46 bits per heavy atom. The summed E-state index contributed by atoms with van der Waals surface area (Å²) in [6, 6.07) is 0.634. The van der Waals surface area contributed by atoms with E-state index in [-0.39, 0.29) is 0 Å². The molecule has 0 saturated carbocycles. The predicted octanol–water partition coefficient (Wildman–Crippen LogP) is 1.24. The third kappa shape index (κ3) is 5.03. The van der Waals surface area contributed by atoms with Crippen LogP contribution in [0.2, 0.25) is 0 Å². The van der Waals surface area contributed by atoms with E-state index < -0.39 is 10.8 Å². The van der Waals surface area contributed by atoms with Gasteiger partial charge in [-0.25, -0.2) is 0 Å². The van der Waals surface area contributed by atoms with Crippen LogP contribution in [0.3, 0.4) is 0 Å². The van der Waals surface area contributed by atoms with Gasteiger partial charge in [0.2, 0.25) is 0 Å². The molecule has 0 aliphatic carbocycles. The molecular formula is C9H19NOS2. The van der Waals surface area contributed by atoms with Crippen molar-refractivity contribution in [3.8, 4) is 0 Å². The van der Waals surface area contributed by atoms with Crippen LogP contribution < -0.4 is 5.32 Å². The van der Waals surface area contributed by atoms with E-state index in [2.05, 4.69) is 12.2 Å². The first kappa shape index (κ1) is 11.5. The smallest absolute Gasteiger partial charge is 0.0249 e. The van der Waals surface area contributed by atoms with Crippen LogP contribution in [0.4, 0.5) is 0 Å². The van der Waals surface area contributed by atoms with Crippen molar-refractivity contribution >= 4 is 22.6 Å². The molecule has 0 amide bonds. The summed E-state index contributed by atoms with van der Waals surface area (Å²) in [4.78, 5) is 0. The summed E-state index contributed by atoms with van der Waals surface area (Å²) in [6.07, 6.45) is 2.20. The largest absolute Gasteiger partial charge is 0.313 e. The molecule has 1 N–H and O–H groups in total. The number of hydrogen-bond acceptors (Lipinski definition) is 3. The average molecular weight is 221 g/mol. The van der Waals surface area contributed by atoms with E-state index >= 15 is 0 Å². The molecule has 1 fully saturated rings. The molecule has 0 aromatic heterocycles. The van der Waals surface area contributed by atoms with Gasteiger partial charge in [0.15, 0.2) is 0 Å². The average Bonchev–Trinajstić information content (AvgIpc) is 2.15. The highest BCUT2D eigenvalue weighted by molar-refractivity contribution is 7.99. The Labute approximate surface area is 87.7 Å². The van der Waals surface area contributed by atoms with E-state index in [9.17, 15) is 4.21 Å². The number of thioether (sulfide) groups is 1. The Bertz CT molecular complexity index is 154. The first-order valence-corrected chi connectivity index (χ1v) is 7.63. The lowest BCUT2D eigenvalue weighted by Gasteiger charge is -2.22. The minimum Gasteiger partial charge on any atom is -0.313 e. The lowest BCUT2D eigenvalue weighted by molar-refractivity contribution is 0.491. The summed E-state index contributed by atoms with van der Waals surface area (Å²) in [5.41, 5.74) is 0. The van der Waals surface area contributed by atoms with Crippen LogP contribution in [0.25, 0.3) is 0 Å². The van der Waals surface area contributed by atoms with Gasteiger partial charge in [-0.3, -0.25) is 4.21 Å². The molecule has 0 radical (unpaired) electrons. The number of hydrogen-bond donors (Lipinski definition) is 1. The van der Waals surface area contributed by atoms with Crippen LogP contribution in [0.1, 0.15) is 19.8 Å². The van der Waals surface area contributed by atoms with Crippen LogP contribution in [0.15, 0.2) is 0 Å². The summed E-state index contributed by atoms with van der Waals surface area (Å²) in [7, 11) is -0.515. The highest BCUT2D eigenvalue weighted by Crippen LogP contribution is 2.09. The van der Waals surface area contributed by atoms with Crippen LogP contribution in [0, 0.1) is 0 Å². The highest BCUT2D eigenvalue weighted by Gasteiger charge is 2.16. The summed E-state index contributed by atoms with van der Waals surface area (Å²) >= 11 is 1.97. The van der Waals surface area contributed by atoms with Crippen molar-refractivity contribution in [1.82, 2.24) is 5.32 Å². The summed E-state index contributed by atoms with van der Waals surface area (Å²) in [5.74, 6) is 4.21. The van der Waals surface area contributed by atoms with E-state index in [0.29, 0.717) is 6.04 Å². The minimum atomic E-state index is -0.515. The standard InChI is InChI=1S/C9H19NOS2/c1-2-12-6-5-10-9-3-7-13(11)8-4-9/h9-10H,2-8H2,1H3. The molecule has 0 aromatic rings. The molecule has 0 bridgehead atoms.